The number of alkyl halides is 2. The molecule has 3 aromatic heterocycles. The Morgan fingerprint density at radius 1 is 1.16 bits per heavy atom. The monoisotopic (exact) mass is 440 g/mol. The van der Waals surface area contributed by atoms with Crippen molar-refractivity contribution < 1.29 is 14.9 Å². The Balaban J connectivity index is 1.72. The molecule has 0 amide bonds. The molecule has 0 N–H and O–H groups in total. The van der Waals surface area contributed by atoms with Crippen LogP contribution in [0, 0.1) is 0 Å². The number of pyridine rings is 2. The van der Waals surface area contributed by atoms with Gasteiger partial charge in [-0.25, -0.2) is 18.6 Å². The molecule has 1 fully saturated rings. The van der Waals surface area contributed by atoms with E-state index in [1.807, 2.05) is 24.3 Å². The van der Waals surface area contributed by atoms with Gasteiger partial charge in [-0.2, -0.15) is 0 Å². The second-order valence-corrected chi connectivity index (χ2v) is 8.27. The molecule has 1 atom stereocenters. The molecule has 0 saturated carbocycles. The SMILES string of the molecule is [2H]COc1ccc(-c2ccc3ncc4c(c3c2)n([C@H]2CCN(C)CC2(F)F)c(=O)n4C)cn1. The lowest BCUT2D eigenvalue weighted by atomic mass is 10.00. The summed E-state index contributed by atoms with van der Waals surface area (Å²) in [5.74, 6) is -2.70. The molecule has 0 aliphatic carbocycles. The Labute approximate surface area is 184 Å². The fraction of sp³-hybridized carbons (Fsp3) is 0.348. The van der Waals surface area contributed by atoms with Gasteiger partial charge in [0.05, 0.1) is 37.7 Å². The second-order valence-electron chi connectivity index (χ2n) is 8.27. The molecule has 166 valence electrons. The van der Waals surface area contributed by atoms with Gasteiger partial charge in [0, 0.05) is 36.8 Å². The number of imidazole rings is 1. The highest BCUT2D eigenvalue weighted by Crippen LogP contribution is 2.39. The van der Waals surface area contributed by atoms with Crippen molar-refractivity contribution in [1.82, 2.24) is 24.0 Å². The molecule has 0 spiro atoms. The first-order valence-electron chi connectivity index (χ1n) is 11.0. The van der Waals surface area contributed by atoms with Gasteiger partial charge in [-0.05, 0) is 37.2 Å². The number of methoxy groups -OCH3 is 1. The fourth-order valence-electron chi connectivity index (χ4n) is 4.55. The molecule has 4 aromatic rings. The van der Waals surface area contributed by atoms with Crippen LogP contribution in [-0.2, 0) is 7.05 Å². The lowest BCUT2D eigenvalue weighted by molar-refractivity contribution is -0.0977. The van der Waals surface area contributed by atoms with E-state index < -0.39 is 24.2 Å². The van der Waals surface area contributed by atoms with Crippen LogP contribution in [0.1, 0.15) is 13.8 Å². The van der Waals surface area contributed by atoms with Gasteiger partial charge in [-0.3, -0.25) is 14.1 Å². The minimum atomic E-state index is -3.05. The van der Waals surface area contributed by atoms with Gasteiger partial charge in [0.15, 0.2) is 0 Å². The number of benzene rings is 1. The largest absolute Gasteiger partial charge is 0.481 e. The Morgan fingerprint density at radius 2 is 1.97 bits per heavy atom. The van der Waals surface area contributed by atoms with Crippen molar-refractivity contribution in [2.24, 2.45) is 7.05 Å². The van der Waals surface area contributed by atoms with Crippen LogP contribution in [0.2, 0.25) is 0 Å². The van der Waals surface area contributed by atoms with E-state index in [9.17, 15) is 4.79 Å². The van der Waals surface area contributed by atoms with Crippen LogP contribution in [0.5, 0.6) is 5.88 Å². The number of piperidine rings is 1. The number of nitrogens with zero attached hydrogens (tertiary/aromatic N) is 5. The summed E-state index contributed by atoms with van der Waals surface area (Å²) in [5, 5.41) is 0.629. The number of rotatable bonds is 3. The summed E-state index contributed by atoms with van der Waals surface area (Å²) < 4.78 is 45.1. The van der Waals surface area contributed by atoms with Crippen molar-refractivity contribution in [3.63, 3.8) is 0 Å². The summed E-state index contributed by atoms with van der Waals surface area (Å²) in [4.78, 5) is 23.4. The van der Waals surface area contributed by atoms with Crippen molar-refractivity contribution in [3.05, 3.63) is 53.2 Å². The Bertz CT molecular complexity index is 1400. The zero-order chi connectivity index (χ0) is 23.3. The maximum absolute atomic E-state index is 15.1. The highest BCUT2D eigenvalue weighted by atomic mass is 19.3. The number of hydrogen-bond donors (Lipinski definition) is 0. The number of halogens is 2. The molecular weight excluding hydrogens is 416 g/mol. The zero-order valence-corrected chi connectivity index (χ0v) is 17.8. The number of aromatic nitrogens is 4. The summed E-state index contributed by atoms with van der Waals surface area (Å²) in [7, 11) is 3.02. The van der Waals surface area contributed by atoms with E-state index in [0.29, 0.717) is 34.4 Å². The summed E-state index contributed by atoms with van der Waals surface area (Å²) in [6.07, 6.45) is 3.37. The molecule has 0 unspecified atom stereocenters. The second kappa shape index (κ2) is 7.37. The normalized spacial score (nSPS) is 19.4. The van der Waals surface area contributed by atoms with E-state index in [4.69, 9.17) is 6.11 Å². The molecule has 0 bridgehead atoms. The quantitative estimate of drug-likeness (QED) is 0.488. The molecule has 9 heteroatoms. The van der Waals surface area contributed by atoms with Crippen molar-refractivity contribution in [2.75, 3.05) is 27.2 Å². The van der Waals surface area contributed by atoms with Gasteiger partial charge in [-0.15, -0.1) is 0 Å². The van der Waals surface area contributed by atoms with Gasteiger partial charge >= 0.3 is 5.69 Å². The molecule has 5 rings (SSSR count). The molecule has 1 saturated heterocycles. The standard InChI is InChI=1S/C23H23F2N5O2/c1-28-9-8-19(23(24,25)13-28)30-21-16-10-14(15-5-7-20(32-3)27-11-15)4-6-17(16)26-12-18(21)29(2)22(30)31/h4-7,10-12,19H,8-9,13H2,1-3H3/t19-/m0/s1/i3D. The molecule has 0 radical (unpaired) electrons. The minimum Gasteiger partial charge on any atom is -0.481 e. The van der Waals surface area contributed by atoms with E-state index in [1.54, 1.807) is 37.5 Å². The Morgan fingerprint density at radius 3 is 2.69 bits per heavy atom. The topological polar surface area (TPSA) is 65.2 Å². The van der Waals surface area contributed by atoms with Crippen LogP contribution in [0.3, 0.4) is 0 Å². The first-order chi connectivity index (χ1) is 15.8. The van der Waals surface area contributed by atoms with Crippen molar-refractivity contribution in [1.29, 1.82) is 0 Å². The molecule has 1 aromatic carbocycles. The molecule has 7 nitrogen and oxygen atoms in total. The molecule has 1 aliphatic heterocycles. The van der Waals surface area contributed by atoms with Crippen LogP contribution in [0.15, 0.2) is 47.5 Å². The Hall–Kier alpha value is -3.33. The van der Waals surface area contributed by atoms with E-state index in [2.05, 4.69) is 9.97 Å². The number of hydrogen-bond acceptors (Lipinski definition) is 5. The summed E-state index contributed by atoms with van der Waals surface area (Å²) in [6.45, 7) is 0.0862. The Kier molecular flexibility index (Phi) is 4.46. The van der Waals surface area contributed by atoms with Crippen LogP contribution in [0.25, 0.3) is 33.1 Å². The summed E-state index contributed by atoms with van der Waals surface area (Å²) in [6, 6.07) is 7.80. The van der Waals surface area contributed by atoms with E-state index in [0.717, 1.165) is 11.1 Å². The summed E-state index contributed by atoms with van der Waals surface area (Å²) in [5.41, 5.74) is 2.71. The first kappa shape index (κ1) is 19.4. The first-order valence-corrected chi connectivity index (χ1v) is 10.2. The smallest absolute Gasteiger partial charge is 0.329 e. The van der Waals surface area contributed by atoms with Crippen molar-refractivity contribution >= 4 is 21.9 Å². The number of fused-ring (bicyclic) bond motifs is 3. The summed E-state index contributed by atoms with van der Waals surface area (Å²) >= 11 is 0. The lowest BCUT2D eigenvalue weighted by Gasteiger charge is -2.37. The van der Waals surface area contributed by atoms with Crippen LogP contribution in [-0.4, -0.2) is 57.1 Å². The average Bonchev–Trinajstić information content (AvgIpc) is 3.04. The number of aryl methyl sites for hydroxylation is 1. The number of likely N-dealkylation sites (tertiary alicyclic amines) is 1. The third kappa shape index (κ3) is 3.15. The molecule has 4 heterocycles. The maximum Gasteiger partial charge on any atom is 0.329 e. The highest BCUT2D eigenvalue weighted by molar-refractivity contribution is 6.04. The van der Waals surface area contributed by atoms with E-state index in [-0.39, 0.29) is 13.5 Å². The molecular formula is C23H23F2N5O2. The average molecular weight is 440 g/mol. The highest BCUT2D eigenvalue weighted by Gasteiger charge is 2.46. The van der Waals surface area contributed by atoms with Gasteiger partial charge in [-0.1, -0.05) is 6.07 Å². The third-order valence-electron chi connectivity index (χ3n) is 6.20. The van der Waals surface area contributed by atoms with Crippen molar-refractivity contribution in [2.45, 2.75) is 18.4 Å². The zero-order valence-electron chi connectivity index (χ0n) is 18.8. The fourth-order valence-corrected chi connectivity index (χ4v) is 4.55. The maximum atomic E-state index is 15.1. The van der Waals surface area contributed by atoms with Crippen LogP contribution < -0.4 is 10.4 Å². The number of ether oxygens (including phenoxy) is 1. The van der Waals surface area contributed by atoms with Gasteiger partial charge < -0.3 is 9.64 Å². The van der Waals surface area contributed by atoms with Crippen LogP contribution >= 0.6 is 0 Å². The van der Waals surface area contributed by atoms with E-state index >= 15 is 8.78 Å². The lowest BCUT2D eigenvalue weighted by Crippen LogP contribution is -2.49. The van der Waals surface area contributed by atoms with Gasteiger partial charge in [0.2, 0.25) is 5.88 Å². The van der Waals surface area contributed by atoms with Crippen LogP contribution in [0.4, 0.5) is 8.78 Å². The van der Waals surface area contributed by atoms with E-state index in [1.165, 1.54) is 9.13 Å². The van der Waals surface area contributed by atoms with Gasteiger partial charge in [0.1, 0.15) is 6.04 Å². The predicted octanol–water partition coefficient (Wildman–Crippen LogP) is 3.47. The molecule has 32 heavy (non-hydrogen) atoms. The predicted molar refractivity (Wildman–Crippen MR) is 118 cm³/mol. The minimum absolute atomic E-state index is 0.174. The third-order valence-corrected chi connectivity index (χ3v) is 6.20. The van der Waals surface area contributed by atoms with Gasteiger partial charge in [0.25, 0.3) is 5.92 Å². The molecule has 1 aliphatic rings. The van der Waals surface area contributed by atoms with Crippen molar-refractivity contribution in [3.8, 4) is 17.0 Å².